The number of hydrogen-bond acceptors (Lipinski definition) is 6. The van der Waals surface area contributed by atoms with Crippen molar-refractivity contribution in [2.24, 2.45) is 0 Å². The predicted molar refractivity (Wildman–Crippen MR) is 133 cm³/mol. The molecular formula is C26H30ClN5O3. The van der Waals surface area contributed by atoms with Crippen LogP contribution in [0.4, 0.5) is 0 Å². The van der Waals surface area contributed by atoms with Crippen molar-refractivity contribution in [3.05, 3.63) is 81.6 Å². The van der Waals surface area contributed by atoms with Gasteiger partial charge in [-0.1, -0.05) is 52.7 Å². The van der Waals surface area contributed by atoms with E-state index >= 15 is 0 Å². The number of hydrogen-bond donors (Lipinski definition) is 1. The Hall–Kier alpha value is -3.23. The minimum atomic E-state index is -0.531. The standard InChI is InChI=1S/C26H30ClN5O3/c1-17-7-8-20(18(2)11-17)14-31-15-22(32-16-23(29-30-32)26(34)35-3)13-24(31)25(33)28-10-9-19-5-4-6-21(27)12-19/h4-8,11-12,16,22,24H,9-10,13-15H2,1-3H3,(H,28,33)/t22-,24+/m1/s1. The van der Waals surface area contributed by atoms with Crippen molar-refractivity contribution in [2.75, 3.05) is 20.2 Å². The van der Waals surface area contributed by atoms with Gasteiger partial charge in [0.2, 0.25) is 5.91 Å². The summed E-state index contributed by atoms with van der Waals surface area (Å²) < 4.78 is 6.41. The molecule has 0 aliphatic carbocycles. The van der Waals surface area contributed by atoms with Crippen molar-refractivity contribution < 1.29 is 14.3 Å². The number of rotatable bonds is 8. The third kappa shape index (κ3) is 6.07. The molecule has 0 spiro atoms. The second-order valence-electron chi connectivity index (χ2n) is 9.01. The molecule has 35 heavy (non-hydrogen) atoms. The number of benzene rings is 2. The molecule has 4 rings (SSSR count). The van der Waals surface area contributed by atoms with Crippen molar-refractivity contribution >= 4 is 23.5 Å². The molecule has 184 valence electrons. The maximum Gasteiger partial charge on any atom is 0.360 e. The number of nitrogens with zero attached hydrogens (tertiary/aromatic N) is 4. The summed E-state index contributed by atoms with van der Waals surface area (Å²) >= 11 is 6.08. The lowest BCUT2D eigenvalue weighted by atomic mass is 10.0. The van der Waals surface area contributed by atoms with E-state index in [1.807, 2.05) is 24.3 Å². The zero-order valence-electron chi connectivity index (χ0n) is 20.2. The van der Waals surface area contributed by atoms with E-state index in [2.05, 4.69) is 52.6 Å². The second-order valence-corrected chi connectivity index (χ2v) is 9.45. The summed E-state index contributed by atoms with van der Waals surface area (Å²) in [5.74, 6) is -0.552. The van der Waals surface area contributed by atoms with Gasteiger partial charge in [0.05, 0.1) is 25.4 Å². The molecule has 1 fully saturated rings. The summed E-state index contributed by atoms with van der Waals surface area (Å²) in [7, 11) is 1.31. The molecule has 0 saturated carbocycles. The SMILES string of the molecule is COC(=O)c1cn([C@@H]2C[C@@H](C(=O)NCCc3cccc(Cl)c3)N(Cc3ccc(C)cc3C)C2)nn1. The number of esters is 1. The first-order valence-corrected chi connectivity index (χ1v) is 12.0. The number of halogens is 1. The Labute approximate surface area is 210 Å². The highest BCUT2D eigenvalue weighted by atomic mass is 35.5. The average molecular weight is 496 g/mol. The van der Waals surface area contributed by atoms with Crippen LogP contribution in [-0.4, -0.2) is 58.0 Å². The first-order chi connectivity index (χ1) is 16.8. The van der Waals surface area contributed by atoms with E-state index in [0.29, 0.717) is 37.5 Å². The molecule has 1 saturated heterocycles. The lowest BCUT2D eigenvalue weighted by Gasteiger charge is -2.24. The molecule has 1 amide bonds. The normalized spacial score (nSPS) is 17.9. The van der Waals surface area contributed by atoms with Crippen LogP contribution in [0.25, 0.3) is 0 Å². The summed E-state index contributed by atoms with van der Waals surface area (Å²) in [5.41, 5.74) is 4.82. The van der Waals surface area contributed by atoms with Crippen molar-refractivity contribution in [3.63, 3.8) is 0 Å². The number of amides is 1. The molecule has 8 nitrogen and oxygen atoms in total. The molecule has 2 atom stereocenters. The molecule has 9 heteroatoms. The first kappa shape index (κ1) is 24.9. The molecular weight excluding hydrogens is 466 g/mol. The van der Waals surface area contributed by atoms with E-state index in [-0.39, 0.29) is 23.7 Å². The maximum atomic E-state index is 13.3. The molecule has 3 aromatic rings. The quantitative estimate of drug-likeness (QED) is 0.481. The highest BCUT2D eigenvalue weighted by molar-refractivity contribution is 6.30. The van der Waals surface area contributed by atoms with Crippen LogP contribution in [0.5, 0.6) is 0 Å². The average Bonchev–Trinajstić information content (AvgIpc) is 3.48. The van der Waals surface area contributed by atoms with E-state index in [0.717, 1.165) is 5.56 Å². The topological polar surface area (TPSA) is 89.4 Å². The Morgan fingerprint density at radius 3 is 2.77 bits per heavy atom. The molecule has 1 N–H and O–H groups in total. The molecule has 1 aliphatic rings. The van der Waals surface area contributed by atoms with E-state index in [9.17, 15) is 9.59 Å². The zero-order valence-corrected chi connectivity index (χ0v) is 21.0. The Kier molecular flexibility index (Phi) is 7.83. The van der Waals surface area contributed by atoms with Gasteiger partial charge < -0.3 is 10.1 Å². The number of likely N-dealkylation sites (tertiary alicyclic amines) is 1. The number of nitrogens with one attached hydrogen (secondary N) is 1. The van der Waals surface area contributed by atoms with Gasteiger partial charge in [0.25, 0.3) is 0 Å². The zero-order chi connectivity index (χ0) is 24.9. The minimum Gasteiger partial charge on any atom is -0.464 e. The van der Waals surface area contributed by atoms with Crippen LogP contribution < -0.4 is 5.32 Å². The van der Waals surface area contributed by atoms with Crippen LogP contribution >= 0.6 is 11.6 Å². The van der Waals surface area contributed by atoms with Gasteiger partial charge in [0.15, 0.2) is 5.69 Å². The minimum absolute atomic E-state index is 0.0207. The smallest absolute Gasteiger partial charge is 0.360 e. The number of ether oxygens (including phenoxy) is 1. The lowest BCUT2D eigenvalue weighted by Crippen LogP contribution is -2.43. The molecule has 0 unspecified atom stereocenters. The third-order valence-electron chi connectivity index (χ3n) is 6.44. The van der Waals surface area contributed by atoms with Gasteiger partial charge in [-0.3, -0.25) is 9.69 Å². The van der Waals surface area contributed by atoms with Crippen molar-refractivity contribution in [1.82, 2.24) is 25.2 Å². The van der Waals surface area contributed by atoms with Gasteiger partial charge in [0, 0.05) is 24.7 Å². The predicted octanol–water partition coefficient (Wildman–Crippen LogP) is 3.51. The highest BCUT2D eigenvalue weighted by Crippen LogP contribution is 2.29. The van der Waals surface area contributed by atoms with Gasteiger partial charge in [-0.15, -0.1) is 5.10 Å². The summed E-state index contributed by atoms with van der Waals surface area (Å²) in [4.78, 5) is 27.3. The molecule has 2 aromatic carbocycles. The maximum absolute atomic E-state index is 13.3. The van der Waals surface area contributed by atoms with Gasteiger partial charge in [0.1, 0.15) is 0 Å². The first-order valence-electron chi connectivity index (χ1n) is 11.7. The monoisotopic (exact) mass is 495 g/mol. The highest BCUT2D eigenvalue weighted by Gasteiger charge is 2.38. The molecule has 0 bridgehead atoms. The number of aromatic nitrogens is 3. The number of carbonyl (C=O) groups is 2. The lowest BCUT2D eigenvalue weighted by molar-refractivity contribution is -0.125. The van der Waals surface area contributed by atoms with Crippen molar-refractivity contribution in [3.8, 4) is 0 Å². The fourth-order valence-electron chi connectivity index (χ4n) is 4.55. The Morgan fingerprint density at radius 2 is 2.03 bits per heavy atom. The number of carbonyl (C=O) groups excluding carboxylic acids is 2. The Balaban J connectivity index is 1.48. The largest absolute Gasteiger partial charge is 0.464 e. The number of methoxy groups -OCH3 is 1. The van der Waals surface area contributed by atoms with E-state index < -0.39 is 5.97 Å². The van der Waals surface area contributed by atoms with Gasteiger partial charge >= 0.3 is 5.97 Å². The summed E-state index contributed by atoms with van der Waals surface area (Å²) in [6.45, 7) is 5.95. The van der Waals surface area contributed by atoms with Gasteiger partial charge in [-0.2, -0.15) is 0 Å². The Bertz CT molecular complexity index is 1210. The van der Waals surface area contributed by atoms with Crippen LogP contribution in [0.2, 0.25) is 5.02 Å². The van der Waals surface area contributed by atoms with Crippen molar-refractivity contribution in [2.45, 2.75) is 45.3 Å². The molecule has 1 aromatic heterocycles. The summed E-state index contributed by atoms with van der Waals surface area (Å²) in [5, 5.41) is 11.8. The van der Waals surface area contributed by atoms with Crippen LogP contribution in [0.3, 0.4) is 0 Å². The van der Waals surface area contributed by atoms with Crippen molar-refractivity contribution in [1.29, 1.82) is 0 Å². The second kappa shape index (κ2) is 11.0. The fraction of sp³-hybridized carbons (Fsp3) is 0.385. The van der Waals surface area contributed by atoms with E-state index in [1.165, 1.54) is 23.8 Å². The van der Waals surface area contributed by atoms with Gasteiger partial charge in [-0.05, 0) is 55.5 Å². The van der Waals surface area contributed by atoms with Gasteiger partial charge in [-0.25, -0.2) is 9.48 Å². The summed E-state index contributed by atoms with van der Waals surface area (Å²) in [6.07, 6.45) is 2.86. The number of aryl methyl sites for hydroxylation is 2. The van der Waals surface area contributed by atoms with Crippen LogP contribution in [-0.2, 0) is 22.5 Å². The Morgan fingerprint density at radius 1 is 1.20 bits per heavy atom. The molecule has 0 radical (unpaired) electrons. The van der Waals surface area contributed by atoms with E-state index in [1.54, 1.807) is 10.9 Å². The van der Waals surface area contributed by atoms with Crippen LogP contribution in [0.1, 0.15) is 45.2 Å². The third-order valence-corrected chi connectivity index (χ3v) is 6.67. The summed E-state index contributed by atoms with van der Waals surface area (Å²) in [6, 6.07) is 13.6. The molecule has 1 aliphatic heterocycles. The van der Waals surface area contributed by atoms with E-state index in [4.69, 9.17) is 16.3 Å². The fourth-order valence-corrected chi connectivity index (χ4v) is 4.77. The van der Waals surface area contributed by atoms with Crippen LogP contribution in [0.15, 0.2) is 48.7 Å². The molecule has 2 heterocycles. The van der Waals surface area contributed by atoms with Crippen LogP contribution in [0, 0.1) is 13.8 Å².